The Morgan fingerprint density at radius 2 is 1.88 bits per heavy atom. The number of rotatable bonds is 6. The minimum atomic E-state index is -4.59. The van der Waals surface area contributed by atoms with Gasteiger partial charge in [-0.1, -0.05) is 32.0 Å². The third-order valence-corrected chi connectivity index (χ3v) is 11.6. The first-order valence-corrected chi connectivity index (χ1v) is 16.0. The van der Waals surface area contributed by atoms with Crippen molar-refractivity contribution in [3.05, 3.63) is 47.2 Å². The zero-order valence-corrected chi connectivity index (χ0v) is 24.7. The Morgan fingerprint density at radius 1 is 1.12 bits per heavy atom. The number of nitrogens with one attached hydrogen (secondary N) is 1. The molecule has 3 heterocycles. The molecule has 3 aliphatic carbocycles. The number of para-hydroxylation sites is 1. The summed E-state index contributed by atoms with van der Waals surface area (Å²) in [6, 6.07) is 8.27. The van der Waals surface area contributed by atoms with Crippen LogP contribution in [0.3, 0.4) is 0 Å². The Balaban J connectivity index is 1.34. The Bertz CT molecular complexity index is 1530. The standard InChI is InChI=1S/C30H38NO9P/c1-26(2)25-21(32)16-22-29(39-25,40-26)11-10-27(3)28(4)17(14-19-18-8-5-6-9-20(18)31-24(19)28)15-23(30(22,27)33)37-12-7-13-38-41(34,35)36/h5-6,8-9,16-17,23,25,31,33H,7,10-15H2,1-4H3,(H2,34,35,36)/t17-,23+,25+,27-,28-,29?,30+/m1/s1. The summed E-state index contributed by atoms with van der Waals surface area (Å²) in [5.41, 5.74) is 0.154. The van der Waals surface area contributed by atoms with Gasteiger partial charge >= 0.3 is 7.82 Å². The lowest BCUT2D eigenvalue weighted by atomic mass is 9.41. The lowest BCUT2D eigenvalue weighted by molar-refractivity contribution is -0.280. The second kappa shape index (κ2) is 8.61. The van der Waals surface area contributed by atoms with Crippen molar-refractivity contribution in [2.24, 2.45) is 11.3 Å². The van der Waals surface area contributed by atoms with Gasteiger partial charge in [0.05, 0.1) is 12.7 Å². The maximum absolute atomic E-state index is 13.4. The van der Waals surface area contributed by atoms with Gasteiger partial charge in [0, 0.05) is 46.0 Å². The van der Waals surface area contributed by atoms with E-state index in [2.05, 4.69) is 35.5 Å². The number of hydrogen-bond acceptors (Lipinski definition) is 7. The number of aromatic amines is 1. The summed E-state index contributed by atoms with van der Waals surface area (Å²) >= 11 is 0. The van der Waals surface area contributed by atoms with Crippen molar-refractivity contribution in [3.8, 4) is 0 Å². The van der Waals surface area contributed by atoms with Crippen molar-refractivity contribution in [2.45, 2.75) is 94.4 Å². The zero-order chi connectivity index (χ0) is 29.2. The lowest BCUT2D eigenvalue weighted by Crippen LogP contribution is -2.74. The van der Waals surface area contributed by atoms with Gasteiger partial charge in [-0.05, 0) is 63.2 Å². The Kier molecular flexibility index (Phi) is 5.86. The maximum Gasteiger partial charge on any atom is 0.469 e. The molecule has 41 heavy (non-hydrogen) atoms. The van der Waals surface area contributed by atoms with Crippen LogP contribution in [-0.2, 0) is 39.9 Å². The molecule has 2 saturated carbocycles. The molecule has 1 unspecified atom stereocenters. The van der Waals surface area contributed by atoms with Gasteiger partial charge in [0.25, 0.3) is 0 Å². The summed E-state index contributed by atoms with van der Waals surface area (Å²) in [5, 5.41) is 14.4. The predicted molar refractivity (Wildman–Crippen MR) is 148 cm³/mol. The molecule has 1 spiro atoms. The predicted octanol–water partition coefficient (Wildman–Crippen LogP) is 3.82. The monoisotopic (exact) mass is 587 g/mol. The molecule has 0 amide bonds. The number of benzene rings is 1. The fourth-order valence-corrected chi connectivity index (χ4v) is 9.42. The minimum Gasteiger partial charge on any atom is -0.382 e. The second-order valence-electron chi connectivity index (χ2n) is 13.4. The number of fused-ring (bicyclic) bond motifs is 9. The average Bonchev–Trinajstić information content (AvgIpc) is 3.48. The quantitative estimate of drug-likeness (QED) is 0.293. The molecular weight excluding hydrogens is 549 g/mol. The molecule has 11 heteroatoms. The molecule has 3 fully saturated rings. The van der Waals surface area contributed by atoms with Crippen molar-refractivity contribution in [3.63, 3.8) is 0 Å². The van der Waals surface area contributed by atoms with Gasteiger partial charge in [0.2, 0.25) is 0 Å². The molecule has 4 N–H and O–H groups in total. The highest BCUT2D eigenvalue weighted by Gasteiger charge is 2.78. The molecule has 2 aromatic rings. The van der Waals surface area contributed by atoms with Crippen LogP contribution in [0, 0.1) is 11.3 Å². The Hall–Kier alpha value is -1.88. The lowest BCUT2D eigenvalue weighted by Gasteiger charge is -2.67. The fourth-order valence-electron chi connectivity index (χ4n) is 9.05. The van der Waals surface area contributed by atoms with Crippen LogP contribution < -0.4 is 0 Å². The van der Waals surface area contributed by atoms with E-state index in [1.165, 1.54) is 10.9 Å². The van der Waals surface area contributed by atoms with Gasteiger partial charge in [-0.3, -0.25) is 9.32 Å². The summed E-state index contributed by atoms with van der Waals surface area (Å²) in [6.07, 6.45) is 2.73. The maximum atomic E-state index is 13.4. The molecular formula is C30H38NO9P. The molecule has 7 rings (SSSR count). The first kappa shape index (κ1) is 27.9. The molecule has 1 aromatic heterocycles. The number of aromatic nitrogens is 1. The number of phosphoric ester groups is 1. The average molecular weight is 588 g/mol. The first-order chi connectivity index (χ1) is 19.2. The van der Waals surface area contributed by atoms with Crippen molar-refractivity contribution in [1.82, 2.24) is 4.98 Å². The molecule has 10 nitrogen and oxygen atoms in total. The fraction of sp³-hybridized carbons (Fsp3) is 0.633. The summed E-state index contributed by atoms with van der Waals surface area (Å²) < 4.78 is 35.1. The third kappa shape index (κ3) is 3.56. The minimum absolute atomic E-state index is 0.116. The molecule has 2 bridgehead atoms. The molecule has 0 radical (unpaired) electrons. The largest absolute Gasteiger partial charge is 0.469 e. The van der Waals surface area contributed by atoms with Gasteiger partial charge in [0.1, 0.15) is 11.2 Å². The number of H-pyrrole nitrogens is 1. The van der Waals surface area contributed by atoms with Crippen molar-refractivity contribution in [1.29, 1.82) is 0 Å². The van der Waals surface area contributed by atoms with Gasteiger partial charge in [-0.2, -0.15) is 0 Å². The highest BCUT2D eigenvalue weighted by molar-refractivity contribution is 7.46. The van der Waals surface area contributed by atoms with Crippen molar-refractivity contribution >= 4 is 24.5 Å². The molecule has 2 aliphatic heterocycles. The van der Waals surface area contributed by atoms with Gasteiger partial charge in [-0.15, -0.1) is 0 Å². The SMILES string of the molecule is CC1(C)OC23CC[C@]4(C)[C@@]5(C)c6[nH]c7ccccc7c6C[C@@H]5C[C@H](OCCCOP(=O)(O)O)[C@@]4(O)C2=CC(=O)[C@@H]1O3. The van der Waals surface area contributed by atoms with Crippen molar-refractivity contribution in [2.75, 3.05) is 13.2 Å². The number of ether oxygens (including phenoxy) is 3. The van der Waals surface area contributed by atoms with Gasteiger partial charge in [0.15, 0.2) is 17.7 Å². The van der Waals surface area contributed by atoms with E-state index in [0.29, 0.717) is 24.8 Å². The topological polar surface area (TPSA) is 148 Å². The van der Waals surface area contributed by atoms with Crippen LogP contribution in [0.5, 0.6) is 0 Å². The third-order valence-electron chi connectivity index (χ3n) is 11.1. The first-order valence-electron chi connectivity index (χ1n) is 14.4. The van der Waals surface area contributed by atoms with Crippen LogP contribution in [-0.4, -0.2) is 68.1 Å². The molecule has 5 aliphatic rings. The van der Waals surface area contributed by atoms with Crippen LogP contribution in [0.25, 0.3) is 10.9 Å². The highest BCUT2D eigenvalue weighted by Crippen LogP contribution is 2.72. The van der Waals surface area contributed by atoms with E-state index in [-0.39, 0.29) is 31.3 Å². The Labute approximate surface area is 238 Å². The van der Waals surface area contributed by atoms with E-state index in [1.807, 2.05) is 26.0 Å². The van der Waals surface area contributed by atoms with Crippen molar-refractivity contribution < 1.29 is 43.0 Å². The van der Waals surface area contributed by atoms with E-state index < -0.39 is 47.8 Å². The molecule has 1 aromatic carbocycles. The van der Waals surface area contributed by atoms with Crippen LogP contribution in [0.2, 0.25) is 0 Å². The van der Waals surface area contributed by atoms with E-state index in [0.717, 1.165) is 17.6 Å². The number of carbonyl (C=O) groups is 1. The zero-order valence-electron chi connectivity index (χ0n) is 23.8. The highest BCUT2D eigenvalue weighted by atomic mass is 31.2. The Morgan fingerprint density at radius 3 is 2.63 bits per heavy atom. The van der Waals surface area contributed by atoms with E-state index in [9.17, 15) is 14.5 Å². The van der Waals surface area contributed by atoms with Gasteiger partial charge in [-0.25, -0.2) is 4.57 Å². The normalized spacial score (nSPS) is 40.6. The molecule has 1 saturated heterocycles. The summed E-state index contributed by atoms with van der Waals surface area (Å²) in [4.78, 5) is 35.3. The summed E-state index contributed by atoms with van der Waals surface area (Å²) in [7, 11) is -4.59. The van der Waals surface area contributed by atoms with Crippen LogP contribution in [0.4, 0.5) is 0 Å². The second-order valence-corrected chi connectivity index (χ2v) is 14.7. The number of aliphatic hydroxyl groups is 1. The smallest absolute Gasteiger partial charge is 0.382 e. The van der Waals surface area contributed by atoms with Crippen LogP contribution >= 0.6 is 7.82 Å². The molecule has 222 valence electrons. The summed E-state index contributed by atoms with van der Waals surface area (Å²) in [6.45, 7) is 7.97. The number of phosphoric acid groups is 1. The number of hydrogen-bond donors (Lipinski definition) is 4. The summed E-state index contributed by atoms with van der Waals surface area (Å²) in [5.74, 6) is -1.31. The number of carbonyl (C=O) groups excluding carboxylic acids is 1. The van der Waals surface area contributed by atoms with E-state index in [4.69, 9.17) is 24.0 Å². The van der Waals surface area contributed by atoms with Crippen LogP contribution in [0.1, 0.15) is 64.6 Å². The van der Waals surface area contributed by atoms with E-state index in [1.54, 1.807) is 6.08 Å². The number of ketones is 1. The van der Waals surface area contributed by atoms with E-state index >= 15 is 0 Å². The van der Waals surface area contributed by atoms with Crippen LogP contribution in [0.15, 0.2) is 35.9 Å². The van der Waals surface area contributed by atoms with Gasteiger partial charge < -0.3 is 34.1 Å². The molecule has 7 atom stereocenters.